The summed E-state index contributed by atoms with van der Waals surface area (Å²) >= 11 is 7.19. The number of hydrogen-bond acceptors (Lipinski definition) is 3. The molecule has 2 nitrogen and oxygen atoms in total. The van der Waals surface area contributed by atoms with Gasteiger partial charge in [-0.05, 0) is 19.3 Å². The summed E-state index contributed by atoms with van der Waals surface area (Å²) < 4.78 is 40.3. The van der Waals surface area contributed by atoms with Gasteiger partial charge >= 0.3 is 6.18 Å². The monoisotopic (exact) mass is 301 g/mol. The van der Waals surface area contributed by atoms with Crippen molar-refractivity contribution in [1.29, 1.82) is 0 Å². The molecule has 104 valence electrons. The van der Waals surface area contributed by atoms with Crippen molar-refractivity contribution in [3.63, 3.8) is 0 Å². The summed E-state index contributed by atoms with van der Waals surface area (Å²) in [6.45, 7) is 0.112. The predicted molar refractivity (Wildman–Crippen MR) is 66.1 cm³/mol. The van der Waals surface area contributed by atoms with E-state index in [9.17, 15) is 13.2 Å². The summed E-state index contributed by atoms with van der Waals surface area (Å²) in [5, 5.41) is 2.93. The molecule has 0 spiro atoms. The average Bonchev–Trinajstić information content (AvgIpc) is 2.74. The van der Waals surface area contributed by atoms with Crippen LogP contribution >= 0.6 is 22.9 Å². The molecule has 1 heterocycles. The van der Waals surface area contributed by atoms with Crippen LogP contribution < -0.4 is 0 Å². The highest BCUT2D eigenvalue weighted by Gasteiger charge is 2.26. The third-order valence-electron chi connectivity index (χ3n) is 2.20. The van der Waals surface area contributed by atoms with Crippen LogP contribution in [0.5, 0.6) is 0 Å². The molecule has 0 fully saturated rings. The number of rotatable bonds is 8. The second-order valence-electron chi connectivity index (χ2n) is 3.80. The second kappa shape index (κ2) is 7.96. The third kappa shape index (κ3) is 7.18. The molecule has 0 aliphatic carbocycles. The molecule has 0 saturated heterocycles. The number of alkyl halides is 4. The van der Waals surface area contributed by atoms with E-state index in [-0.39, 0.29) is 6.61 Å². The van der Waals surface area contributed by atoms with Gasteiger partial charge in [-0.15, -0.1) is 22.9 Å². The minimum absolute atomic E-state index is 0.253. The lowest BCUT2D eigenvalue weighted by molar-refractivity contribution is -0.145. The van der Waals surface area contributed by atoms with Crippen molar-refractivity contribution in [3.8, 4) is 0 Å². The molecule has 0 radical (unpaired) electrons. The first-order valence-electron chi connectivity index (χ1n) is 5.65. The topological polar surface area (TPSA) is 22.1 Å². The summed E-state index contributed by atoms with van der Waals surface area (Å²) in [5.74, 6) is 0.414. The van der Waals surface area contributed by atoms with Gasteiger partial charge in [0.25, 0.3) is 0 Å². The summed E-state index contributed by atoms with van der Waals surface area (Å²) in [5.41, 5.74) is 0.873. The van der Waals surface area contributed by atoms with Crippen LogP contribution in [0.3, 0.4) is 0 Å². The first-order chi connectivity index (χ1) is 8.51. The minimum Gasteiger partial charge on any atom is -0.381 e. The zero-order valence-electron chi connectivity index (χ0n) is 9.80. The minimum atomic E-state index is -4.13. The summed E-state index contributed by atoms with van der Waals surface area (Å²) in [6, 6.07) is 0. The molecule has 1 aromatic rings. The molecule has 0 aliphatic rings. The lowest BCUT2D eigenvalue weighted by atomic mass is 10.2. The number of ether oxygens (including phenoxy) is 1. The smallest absolute Gasteiger partial charge is 0.381 e. The Balaban J connectivity index is 1.99. The first-order valence-corrected chi connectivity index (χ1v) is 7.06. The van der Waals surface area contributed by atoms with E-state index < -0.39 is 12.6 Å². The van der Waals surface area contributed by atoms with E-state index in [1.165, 1.54) is 0 Å². The van der Waals surface area contributed by atoms with Gasteiger partial charge < -0.3 is 4.74 Å². The van der Waals surface area contributed by atoms with E-state index in [4.69, 9.17) is 16.3 Å². The van der Waals surface area contributed by atoms with Crippen LogP contribution in [0.15, 0.2) is 5.38 Å². The highest BCUT2D eigenvalue weighted by atomic mass is 35.5. The zero-order valence-corrected chi connectivity index (χ0v) is 11.4. The number of hydrogen-bond donors (Lipinski definition) is 0. The Morgan fingerprint density at radius 1 is 1.28 bits per heavy atom. The number of halogens is 4. The second-order valence-corrected chi connectivity index (χ2v) is 5.01. The van der Waals surface area contributed by atoms with Gasteiger partial charge in [0.05, 0.1) is 29.6 Å². The number of unbranched alkanes of at least 4 members (excludes halogenated alkanes) is 1. The SMILES string of the molecule is FC(F)(F)CCOCCCCc1nc(CCl)cs1. The van der Waals surface area contributed by atoms with E-state index >= 15 is 0 Å². The lowest BCUT2D eigenvalue weighted by Gasteiger charge is -2.06. The van der Waals surface area contributed by atoms with Crippen LogP contribution in [0.25, 0.3) is 0 Å². The van der Waals surface area contributed by atoms with Gasteiger partial charge in [-0.25, -0.2) is 4.98 Å². The normalized spacial score (nSPS) is 12.0. The van der Waals surface area contributed by atoms with Gasteiger partial charge in [0.1, 0.15) is 0 Å². The highest BCUT2D eigenvalue weighted by Crippen LogP contribution is 2.19. The summed E-state index contributed by atoms with van der Waals surface area (Å²) in [7, 11) is 0. The maximum Gasteiger partial charge on any atom is 0.391 e. The van der Waals surface area contributed by atoms with Crippen molar-refractivity contribution in [2.24, 2.45) is 0 Å². The van der Waals surface area contributed by atoms with Crippen molar-refractivity contribution in [2.75, 3.05) is 13.2 Å². The number of aromatic nitrogens is 1. The van der Waals surface area contributed by atoms with Crippen molar-refractivity contribution in [3.05, 3.63) is 16.1 Å². The summed E-state index contributed by atoms with van der Waals surface area (Å²) in [4.78, 5) is 4.29. The first kappa shape index (κ1) is 15.7. The fraction of sp³-hybridized carbons (Fsp3) is 0.727. The van der Waals surface area contributed by atoms with Crippen LogP contribution in [0.4, 0.5) is 13.2 Å². The largest absolute Gasteiger partial charge is 0.391 e. The summed E-state index contributed by atoms with van der Waals surface area (Å²) in [6.07, 6.45) is -2.57. The van der Waals surface area contributed by atoms with Crippen molar-refractivity contribution in [1.82, 2.24) is 4.98 Å². The quantitative estimate of drug-likeness (QED) is 0.531. The Kier molecular flexibility index (Phi) is 6.96. The third-order valence-corrected chi connectivity index (χ3v) is 3.43. The number of aryl methyl sites for hydroxylation is 1. The van der Waals surface area contributed by atoms with Gasteiger partial charge in [0, 0.05) is 12.0 Å². The molecule has 0 atom stereocenters. The molecule has 18 heavy (non-hydrogen) atoms. The molecule has 0 N–H and O–H groups in total. The van der Waals surface area contributed by atoms with E-state index in [1.807, 2.05) is 5.38 Å². The molecule has 0 amide bonds. The lowest BCUT2D eigenvalue weighted by Crippen LogP contribution is -2.11. The van der Waals surface area contributed by atoms with E-state index in [2.05, 4.69) is 4.98 Å². The van der Waals surface area contributed by atoms with Crippen LogP contribution in [-0.2, 0) is 17.0 Å². The van der Waals surface area contributed by atoms with Crippen LogP contribution in [0, 0.1) is 0 Å². The molecule has 1 aromatic heterocycles. The Labute approximate surface area is 113 Å². The molecular weight excluding hydrogens is 287 g/mol. The molecule has 0 aliphatic heterocycles. The fourth-order valence-corrected chi connectivity index (χ4v) is 2.36. The predicted octanol–water partition coefficient (Wildman–Crippen LogP) is 4.17. The Hall–Kier alpha value is -0.330. The van der Waals surface area contributed by atoms with Crippen LogP contribution in [-0.4, -0.2) is 24.4 Å². The van der Waals surface area contributed by atoms with Crippen LogP contribution in [0.1, 0.15) is 30.0 Å². The number of nitrogens with zero attached hydrogens (tertiary/aromatic N) is 1. The van der Waals surface area contributed by atoms with Gasteiger partial charge in [0.2, 0.25) is 0 Å². The Bertz CT molecular complexity index is 343. The van der Waals surface area contributed by atoms with Gasteiger partial charge in [0.15, 0.2) is 0 Å². The molecule has 0 aromatic carbocycles. The van der Waals surface area contributed by atoms with Crippen LogP contribution in [0.2, 0.25) is 0 Å². The highest BCUT2D eigenvalue weighted by molar-refractivity contribution is 7.09. The van der Waals surface area contributed by atoms with Gasteiger partial charge in [-0.3, -0.25) is 0 Å². The molecule has 0 unspecified atom stereocenters. The molecule has 0 saturated carbocycles. The Morgan fingerprint density at radius 3 is 2.67 bits per heavy atom. The van der Waals surface area contributed by atoms with Gasteiger partial charge in [-0.1, -0.05) is 0 Å². The average molecular weight is 302 g/mol. The van der Waals surface area contributed by atoms with E-state index in [1.54, 1.807) is 11.3 Å². The molecular formula is C11H15ClF3NOS. The Morgan fingerprint density at radius 2 is 2.06 bits per heavy atom. The van der Waals surface area contributed by atoms with E-state index in [0.717, 1.165) is 30.0 Å². The molecule has 1 rings (SSSR count). The molecule has 7 heteroatoms. The van der Waals surface area contributed by atoms with Gasteiger partial charge in [-0.2, -0.15) is 13.2 Å². The van der Waals surface area contributed by atoms with Crippen molar-refractivity contribution >= 4 is 22.9 Å². The molecule has 0 bridgehead atoms. The maximum absolute atomic E-state index is 11.8. The number of thiazole rings is 1. The van der Waals surface area contributed by atoms with E-state index in [0.29, 0.717) is 12.5 Å². The standard InChI is InChI=1S/C11H15ClF3NOS/c12-7-9-8-18-10(16-9)3-1-2-5-17-6-4-11(13,14)15/h8H,1-7H2. The van der Waals surface area contributed by atoms with Crippen molar-refractivity contribution < 1.29 is 17.9 Å². The fourth-order valence-electron chi connectivity index (χ4n) is 1.30. The zero-order chi connectivity index (χ0) is 13.4. The van der Waals surface area contributed by atoms with Crippen molar-refractivity contribution in [2.45, 2.75) is 37.7 Å². The maximum atomic E-state index is 11.8.